The first-order valence-electron chi connectivity index (χ1n) is 3.37. The van der Waals surface area contributed by atoms with Crippen LogP contribution in [0.25, 0.3) is 0 Å². The van der Waals surface area contributed by atoms with Gasteiger partial charge in [0.1, 0.15) is 17.1 Å². The van der Waals surface area contributed by atoms with E-state index in [1.807, 2.05) is 0 Å². The lowest BCUT2D eigenvalue weighted by Crippen LogP contribution is -2.19. The SMILES string of the molecule is O=C(O)c1cc(F)c(C(F)F)c(=O)[nH]1. The number of carboxylic acids is 1. The van der Waals surface area contributed by atoms with Crippen LogP contribution in [0.3, 0.4) is 0 Å². The number of hydrogen-bond acceptors (Lipinski definition) is 2. The van der Waals surface area contributed by atoms with Crippen molar-refractivity contribution in [3.05, 3.63) is 33.5 Å². The van der Waals surface area contributed by atoms with E-state index in [0.29, 0.717) is 6.07 Å². The van der Waals surface area contributed by atoms with Gasteiger partial charge in [0.15, 0.2) is 0 Å². The molecule has 0 spiro atoms. The average Bonchev–Trinajstić information content (AvgIpc) is 2.01. The Morgan fingerprint density at radius 2 is 2.07 bits per heavy atom. The molecule has 0 aliphatic heterocycles. The van der Waals surface area contributed by atoms with Gasteiger partial charge in [-0.2, -0.15) is 0 Å². The lowest BCUT2D eigenvalue weighted by Gasteiger charge is -2.01. The first-order valence-corrected chi connectivity index (χ1v) is 3.37. The number of aromatic nitrogens is 1. The molecule has 0 fully saturated rings. The fourth-order valence-corrected chi connectivity index (χ4v) is 0.857. The highest BCUT2D eigenvalue weighted by molar-refractivity contribution is 5.85. The van der Waals surface area contributed by atoms with Crippen molar-refractivity contribution in [1.29, 1.82) is 0 Å². The maximum absolute atomic E-state index is 12.8. The second kappa shape index (κ2) is 3.52. The topological polar surface area (TPSA) is 70.2 Å². The van der Waals surface area contributed by atoms with Crippen molar-refractivity contribution >= 4 is 5.97 Å². The summed E-state index contributed by atoms with van der Waals surface area (Å²) in [6, 6.07) is 0.339. The van der Waals surface area contributed by atoms with Gasteiger partial charge >= 0.3 is 5.97 Å². The molecule has 2 N–H and O–H groups in total. The number of H-pyrrole nitrogens is 1. The minimum Gasteiger partial charge on any atom is -0.477 e. The third-order valence-corrected chi connectivity index (χ3v) is 1.47. The van der Waals surface area contributed by atoms with E-state index in [2.05, 4.69) is 0 Å². The van der Waals surface area contributed by atoms with Crippen molar-refractivity contribution in [3.63, 3.8) is 0 Å². The minimum atomic E-state index is -3.28. The maximum atomic E-state index is 12.8. The summed E-state index contributed by atoms with van der Waals surface area (Å²) in [5.41, 5.74) is -3.55. The van der Waals surface area contributed by atoms with Crippen molar-refractivity contribution < 1.29 is 23.1 Å². The minimum absolute atomic E-state index is 0.339. The summed E-state index contributed by atoms with van der Waals surface area (Å²) in [6.07, 6.45) is -3.28. The average molecular weight is 207 g/mol. The number of aromatic amines is 1. The second-order valence-electron chi connectivity index (χ2n) is 2.38. The standard InChI is InChI=1S/C7H4F3NO3/c8-2-1-3(7(13)14)11-6(12)4(2)5(9)10/h1,5H,(H,11,12)(H,13,14). The van der Waals surface area contributed by atoms with Gasteiger partial charge in [-0.3, -0.25) is 4.79 Å². The van der Waals surface area contributed by atoms with Gasteiger partial charge in [-0.05, 0) is 0 Å². The van der Waals surface area contributed by atoms with E-state index in [1.165, 1.54) is 0 Å². The van der Waals surface area contributed by atoms with E-state index >= 15 is 0 Å². The zero-order chi connectivity index (χ0) is 10.9. The Bertz CT molecular complexity index is 427. The highest BCUT2D eigenvalue weighted by atomic mass is 19.3. The molecule has 0 unspecified atom stereocenters. The molecule has 0 atom stereocenters. The number of rotatable bonds is 2. The Labute approximate surface area is 75.0 Å². The molecule has 1 heterocycles. The first-order chi connectivity index (χ1) is 6.43. The van der Waals surface area contributed by atoms with Gasteiger partial charge in [-0.25, -0.2) is 18.0 Å². The van der Waals surface area contributed by atoms with Crippen LogP contribution in [0.2, 0.25) is 0 Å². The Morgan fingerprint density at radius 3 is 2.43 bits per heavy atom. The summed E-state index contributed by atoms with van der Waals surface area (Å²) >= 11 is 0. The molecule has 1 aromatic heterocycles. The lowest BCUT2D eigenvalue weighted by molar-refractivity contribution is 0.0688. The van der Waals surface area contributed by atoms with Crippen LogP contribution >= 0.6 is 0 Å². The fourth-order valence-electron chi connectivity index (χ4n) is 0.857. The molecule has 0 bridgehead atoms. The Hall–Kier alpha value is -1.79. The van der Waals surface area contributed by atoms with Crippen LogP contribution in [0.15, 0.2) is 10.9 Å². The van der Waals surface area contributed by atoms with Gasteiger partial charge in [0, 0.05) is 6.07 Å². The highest BCUT2D eigenvalue weighted by Gasteiger charge is 2.20. The van der Waals surface area contributed by atoms with Crippen molar-refractivity contribution in [2.75, 3.05) is 0 Å². The quantitative estimate of drug-likeness (QED) is 0.764. The summed E-state index contributed by atoms with van der Waals surface area (Å²) < 4.78 is 36.8. The van der Waals surface area contributed by atoms with Gasteiger partial charge in [-0.15, -0.1) is 0 Å². The molecule has 0 aliphatic carbocycles. The zero-order valence-electron chi connectivity index (χ0n) is 6.55. The van der Waals surface area contributed by atoms with Crippen molar-refractivity contribution in [2.24, 2.45) is 0 Å². The molecule has 1 aromatic rings. The van der Waals surface area contributed by atoms with E-state index in [4.69, 9.17) is 5.11 Å². The predicted molar refractivity (Wildman–Crippen MR) is 38.9 cm³/mol. The number of alkyl halides is 2. The molecular formula is C7H4F3NO3. The second-order valence-corrected chi connectivity index (χ2v) is 2.38. The molecule has 4 nitrogen and oxygen atoms in total. The number of carbonyl (C=O) groups is 1. The van der Waals surface area contributed by atoms with Gasteiger partial charge in [-0.1, -0.05) is 0 Å². The number of aromatic carboxylic acids is 1. The predicted octanol–water partition coefficient (Wildman–Crippen LogP) is 1.15. The third-order valence-electron chi connectivity index (χ3n) is 1.47. The number of pyridine rings is 1. The number of hydrogen-bond donors (Lipinski definition) is 2. The molecule has 7 heteroatoms. The van der Waals surface area contributed by atoms with Crippen LogP contribution in [-0.2, 0) is 0 Å². The van der Waals surface area contributed by atoms with Crippen LogP contribution < -0.4 is 5.56 Å². The normalized spacial score (nSPS) is 10.6. The van der Waals surface area contributed by atoms with E-state index in [9.17, 15) is 22.8 Å². The number of carboxylic acid groups (broad SMARTS) is 1. The van der Waals surface area contributed by atoms with Gasteiger partial charge in [0.2, 0.25) is 0 Å². The van der Waals surface area contributed by atoms with E-state index < -0.39 is 35.0 Å². The molecule has 0 aromatic carbocycles. The molecule has 14 heavy (non-hydrogen) atoms. The number of halogens is 3. The van der Waals surface area contributed by atoms with Gasteiger partial charge < -0.3 is 10.1 Å². The maximum Gasteiger partial charge on any atom is 0.352 e. The summed E-state index contributed by atoms with van der Waals surface area (Å²) in [7, 11) is 0. The zero-order valence-corrected chi connectivity index (χ0v) is 6.55. The van der Waals surface area contributed by atoms with E-state index in [0.717, 1.165) is 0 Å². The third kappa shape index (κ3) is 1.76. The molecule has 76 valence electrons. The largest absolute Gasteiger partial charge is 0.477 e. The lowest BCUT2D eigenvalue weighted by atomic mass is 10.2. The van der Waals surface area contributed by atoms with Gasteiger partial charge in [0.05, 0.1) is 0 Å². The molecule has 0 radical (unpaired) electrons. The Balaban J connectivity index is 3.40. The molecule has 0 saturated carbocycles. The summed E-state index contributed by atoms with van der Waals surface area (Å²) in [5, 5.41) is 8.34. The molecule has 0 amide bonds. The Morgan fingerprint density at radius 1 is 1.50 bits per heavy atom. The van der Waals surface area contributed by atoms with Crippen molar-refractivity contribution in [3.8, 4) is 0 Å². The van der Waals surface area contributed by atoms with E-state index in [1.54, 1.807) is 4.98 Å². The smallest absolute Gasteiger partial charge is 0.352 e. The first kappa shape index (κ1) is 10.3. The Kier molecular flexibility index (Phi) is 2.59. The van der Waals surface area contributed by atoms with Gasteiger partial charge in [0.25, 0.3) is 12.0 Å². The molecule has 0 saturated heterocycles. The fraction of sp³-hybridized carbons (Fsp3) is 0.143. The van der Waals surface area contributed by atoms with Crippen LogP contribution in [0.5, 0.6) is 0 Å². The summed E-state index contributed by atoms with van der Waals surface area (Å²) in [6.45, 7) is 0. The van der Waals surface area contributed by atoms with Crippen LogP contribution in [-0.4, -0.2) is 16.1 Å². The van der Waals surface area contributed by atoms with E-state index in [-0.39, 0.29) is 0 Å². The van der Waals surface area contributed by atoms with Crippen LogP contribution in [0.1, 0.15) is 22.5 Å². The van der Waals surface area contributed by atoms with Crippen LogP contribution in [0, 0.1) is 5.82 Å². The van der Waals surface area contributed by atoms with Crippen molar-refractivity contribution in [2.45, 2.75) is 6.43 Å². The summed E-state index contributed by atoms with van der Waals surface area (Å²) in [5.74, 6) is -3.12. The number of nitrogens with one attached hydrogen (secondary N) is 1. The molecular weight excluding hydrogens is 203 g/mol. The summed E-state index contributed by atoms with van der Waals surface area (Å²) in [4.78, 5) is 22.7. The van der Waals surface area contributed by atoms with Crippen molar-refractivity contribution in [1.82, 2.24) is 4.98 Å². The molecule has 0 aliphatic rings. The van der Waals surface area contributed by atoms with Crippen LogP contribution in [0.4, 0.5) is 13.2 Å². The highest BCUT2D eigenvalue weighted by Crippen LogP contribution is 2.17. The molecule has 1 rings (SSSR count). The monoisotopic (exact) mass is 207 g/mol.